The first kappa shape index (κ1) is 23.5. The van der Waals surface area contributed by atoms with Crippen molar-refractivity contribution in [1.29, 1.82) is 0 Å². The zero-order valence-corrected chi connectivity index (χ0v) is 24.0. The second kappa shape index (κ2) is 9.95. The number of thiophene rings is 1. The van der Waals surface area contributed by atoms with Gasteiger partial charge >= 0.3 is 5.97 Å². The van der Waals surface area contributed by atoms with Crippen molar-refractivity contribution in [2.75, 3.05) is 12.4 Å². The van der Waals surface area contributed by atoms with Crippen molar-refractivity contribution in [2.24, 2.45) is 0 Å². The number of benzene rings is 2. The van der Waals surface area contributed by atoms with Gasteiger partial charge in [0.25, 0.3) is 5.91 Å². The number of hydrogen-bond donors (Lipinski definition) is 2. The number of rotatable bonds is 5. The molecule has 0 bridgehead atoms. The highest BCUT2D eigenvalue weighted by atomic mass is 127. The van der Waals surface area contributed by atoms with Crippen LogP contribution in [0, 0.1) is 14.3 Å². The van der Waals surface area contributed by atoms with Crippen LogP contribution in [0.1, 0.15) is 20.7 Å². The standard InChI is InChI=1S/C19H11I4NO4S/c1-28-12-6-10(21)13(16(23)15(12)22)18(25)24-11-7-29-17(14(11)19(26)27)8-3-2-4-9(20)5-8/h2-7H,1H3,(H,24,25)(H,26,27). The van der Waals surface area contributed by atoms with Gasteiger partial charge in [0.2, 0.25) is 0 Å². The Morgan fingerprint density at radius 1 is 1.07 bits per heavy atom. The fourth-order valence-corrected chi connectivity index (χ4v) is 6.91. The van der Waals surface area contributed by atoms with Crippen LogP contribution in [-0.2, 0) is 0 Å². The number of amides is 1. The summed E-state index contributed by atoms with van der Waals surface area (Å²) in [5.41, 5.74) is 1.69. The van der Waals surface area contributed by atoms with Crippen LogP contribution >= 0.6 is 102 Å². The van der Waals surface area contributed by atoms with E-state index in [9.17, 15) is 14.7 Å². The van der Waals surface area contributed by atoms with E-state index >= 15 is 0 Å². The van der Waals surface area contributed by atoms with E-state index in [2.05, 4.69) is 95.7 Å². The molecule has 0 aliphatic carbocycles. The highest BCUT2D eigenvalue weighted by molar-refractivity contribution is 14.1. The molecule has 3 rings (SSSR count). The molecule has 0 saturated heterocycles. The lowest BCUT2D eigenvalue weighted by Gasteiger charge is -2.13. The van der Waals surface area contributed by atoms with E-state index in [0.717, 1.165) is 19.8 Å². The van der Waals surface area contributed by atoms with Gasteiger partial charge in [0, 0.05) is 16.1 Å². The molecule has 0 spiro atoms. The van der Waals surface area contributed by atoms with Gasteiger partial charge in [-0.1, -0.05) is 12.1 Å². The summed E-state index contributed by atoms with van der Waals surface area (Å²) in [4.78, 5) is 25.6. The normalized spacial score (nSPS) is 10.7. The summed E-state index contributed by atoms with van der Waals surface area (Å²) in [6.07, 6.45) is 0. The van der Waals surface area contributed by atoms with Crippen LogP contribution < -0.4 is 10.1 Å². The zero-order valence-electron chi connectivity index (χ0n) is 14.6. The minimum Gasteiger partial charge on any atom is -0.496 e. The van der Waals surface area contributed by atoms with Crippen LogP contribution in [0.2, 0.25) is 0 Å². The lowest BCUT2D eigenvalue weighted by atomic mass is 10.1. The summed E-state index contributed by atoms with van der Waals surface area (Å²) >= 11 is 9.81. The second-order valence-corrected chi connectivity index (χ2v) is 11.1. The number of carboxylic acids is 1. The number of ether oxygens (including phenoxy) is 1. The first-order valence-electron chi connectivity index (χ1n) is 7.88. The zero-order chi connectivity index (χ0) is 21.3. The third kappa shape index (κ3) is 5.01. The molecule has 2 N–H and O–H groups in total. The smallest absolute Gasteiger partial charge is 0.339 e. The molecule has 1 aromatic heterocycles. The van der Waals surface area contributed by atoms with Gasteiger partial charge in [0.15, 0.2) is 0 Å². The van der Waals surface area contributed by atoms with Crippen LogP contribution in [0.5, 0.6) is 5.75 Å². The largest absolute Gasteiger partial charge is 0.496 e. The van der Waals surface area contributed by atoms with Crippen molar-refractivity contribution in [1.82, 2.24) is 0 Å². The summed E-state index contributed by atoms with van der Waals surface area (Å²) in [6, 6.07) is 9.40. The van der Waals surface area contributed by atoms with Crippen LogP contribution in [0.4, 0.5) is 5.69 Å². The number of nitrogens with one attached hydrogen (secondary N) is 1. The molecule has 10 heteroatoms. The first-order valence-corrected chi connectivity index (χ1v) is 13.1. The van der Waals surface area contributed by atoms with Gasteiger partial charge in [-0.05, 0) is 114 Å². The maximum Gasteiger partial charge on any atom is 0.339 e. The maximum absolute atomic E-state index is 13.0. The monoisotopic (exact) mass is 857 g/mol. The van der Waals surface area contributed by atoms with Crippen LogP contribution in [-0.4, -0.2) is 24.1 Å². The van der Waals surface area contributed by atoms with Crippen molar-refractivity contribution in [3.63, 3.8) is 0 Å². The number of carbonyl (C=O) groups excluding carboxylic acids is 1. The lowest BCUT2D eigenvalue weighted by molar-refractivity contribution is 0.0699. The SMILES string of the molecule is COc1cc(I)c(C(=O)Nc2csc(-c3cccc(I)c3)c2C(=O)O)c(I)c1I. The summed E-state index contributed by atoms with van der Waals surface area (Å²) in [6.45, 7) is 0. The Bertz CT molecular complexity index is 1130. The van der Waals surface area contributed by atoms with E-state index in [1.165, 1.54) is 11.3 Å². The van der Waals surface area contributed by atoms with Gasteiger partial charge in [0.05, 0.1) is 26.8 Å². The van der Waals surface area contributed by atoms with Crippen LogP contribution in [0.25, 0.3) is 10.4 Å². The van der Waals surface area contributed by atoms with E-state index < -0.39 is 5.97 Å². The fourth-order valence-electron chi connectivity index (χ4n) is 2.62. The molecular weight excluding hydrogens is 846 g/mol. The molecule has 0 unspecified atom stereocenters. The quantitative estimate of drug-likeness (QED) is 0.219. The molecule has 5 nitrogen and oxygen atoms in total. The predicted molar refractivity (Wildman–Crippen MR) is 149 cm³/mol. The molecule has 1 amide bonds. The Morgan fingerprint density at radius 2 is 1.79 bits per heavy atom. The molecule has 2 aromatic carbocycles. The number of hydrogen-bond acceptors (Lipinski definition) is 4. The van der Waals surface area contributed by atoms with Gasteiger partial charge < -0.3 is 15.2 Å². The number of anilines is 1. The molecule has 0 radical (unpaired) electrons. The molecule has 29 heavy (non-hydrogen) atoms. The van der Waals surface area contributed by atoms with Gasteiger partial charge in [0.1, 0.15) is 11.3 Å². The summed E-state index contributed by atoms with van der Waals surface area (Å²) in [5, 5.41) is 14.3. The van der Waals surface area contributed by atoms with Crippen molar-refractivity contribution in [3.05, 3.63) is 61.1 Å². The molecule has 150 valence electrons. The van der Waals surface area contributed by atoms with Crippen molar-refractivity contribution >= 4 is 119 Å². The molecule has 1 heterocycles. The van der Waals surface area contributed by atoms with Gasteiger partial charge in [-0.15, -0.1) is 11.3 Å². The highest BCUT2D eigenvalue weighted by Crippen LogP contribution is 2.38. The van der Waals surface area contributed by atoms with Crippen LogP contribution in [0.3, 0.4) is 0 Å². The molecule has 0 aliphatic heterocycles. The lowest BCUT2D eigenvalue weighted by Crippen LogP contribution is -2.17. The summed E-state index contributed by atoms with van der Waals surface area (Å²) < 4.78 is 8.67. The number of halogens is 4. The first-order chi connectivity index (χ1) is 13.7. The molecule has 0 fully saturated rings. The fraction of sp³-hybridized carbons (Fsp3) is 0.0526. The average Bonchev–Trinajstić information content (AvgIpc) is 3.08. The third-order valence-electron chi connectivity index (χ3n) is 3.91. The topological polar surface area (TPSA) is 75.6 Å². The highest BCUT2D eigenvalue weighted by Gasteiger charge is 2.24. The molecule has 0 atom stereocenters. The van der Waals surface area contributed by atoms with Crippen molar-refractivity contribution < 1.29 is 19.4 Å². The van der Waals surface area contributed by atoms with Gasteiger partial charge in [-0.3, -0.25) is 4.79 Å². The van der Waals surface area contributed by atoms with Gasteiger partial charge in [-0.25, -0.2) is 4.79 Å². The number of aromatic carboxylic acids is 1. The summed E-state index contributed by atoms with van der Waals surface area (Å²) in [5.74, 6) is -0.739. The van der Waals surface area contributed by atoms with E-state index in [1.807, 2.05) is 24.3 Å². The predicted octanol–water partition coefficient (Wildman–Crippen LogP) is 6.79. The third-order valence-corrected chi connectivity index (χ3v) is 9.64. The summed E-state index contributed by atoms with van der Waals surface area (Å²) in [7, 11) is 1.58. The second-order valence-electron chi connectivity index (χ2n) is 5.69. The Kier molecular flexibility index (Phi) is 8.05. The molecular formula is C19H11I4NO4S. The number of methoxy groups -OCH3 is 1. The Labute approximate surface area is 225 Å². The minimum atomic E-state index is -1.08. The molecule has 0 aliphatic rings. The van der Waals surface area contributed by atoms with Crippen LogP contribution in [0.15, 0.2) is 35.7 Å². The molecule has 0 saturated carbocycles. The Balaban J connectivity index is 2.03. The average molecular weight is 857 g/mol. The van der Waals surface area contributed by atoms with Crippen molar-refractivity contribution in [3.8, 4) is 16.2 Å². The van der Waals surface area contributed by atoms with Crippen molar-refractivity contribution in [2.45, 2.75) is 0 Å². The Hall–Kier alpha value is -0.200. The maximum atomic E-state index is 13.0. The van der Waals surface area contributed by atoms with E-state index in [0.29, 0.717) is 21.9 Å². The van der Waals surface area contributed by atoms with Gasteiger partial charge in [-0.2, -0.15) is 0 Å². The molecule has 3 aromatic rings. The Morgan fingerprint density at radius 3 is 2.41 bits per heavy atom. The van der Waals surface area contributed by atoms with E-state index in [1.54, 1.807) is 18.6 Å². The number of carbonyl (C=O) groups is 2. The van der Waals surface area contributed by atoms with E-state index in [-0.39, 0.29) is 11.5 Å². The number of carboxylic acid groups (broad SMARTS) is 1. The minimum absolute atomic E-state index is 0.0959. The van der Waals surface area contributed by atoms with E-state index in [4.69, 9.17) is 4.74 Å².